The van der Waals surface area contributed by atoms with Gasteiger partial charge in [-0.2, -0.15) is 0 Å². The number of hydrogen-bond donors (Lipinski definition) is 0. The molecule has 0 unspecified atom stereocenters. The highest BCUT2D eigenvalue weighted by molar-refractivity contribution is 6.88. The lowest BCUT2D eigenvalue weighted by molar-refractivity contribution is 1.18. The van der Waals surface area contributed by atoms with Gasteiger partial charge in [-0.15, -0.1) is 0 Å². The van der Waals surface area contributed by atoms with Gasteiger partial charge in [-0.3, -0.25) is 0 Å². The van der Waals surface area contributed by atoms with Gasteiger partial charge in [0.1, 0.15) is 0 Å². The quantitative estimate of drug-likeness (QED) is 0.148. The average molecular weight is 786 g/mol. The van der Waals surface area contributed by atoms with Crippen molar-refractivity contribution in [2.75, 3.05) is 0 Å². The van der Waals surface area contributed by atoms with E-state index in [1.807, 2.05) is 0 Å². The van der Waals surface area contributed by atoms with Crippen LogP contribution in [-0.4, -0.2) is 22.2 Å². The zero-order valence-electron chi connectivity index (χ0n) is 34.0. The Morgan fingerprint density at radius 1 is 0.317 bits per heavy atom. The summed E-state index contributed by atoms with van der Waals surface area (Å²) < 4.78 is 4.82. The molecule has 0 N–H and O–H groups in total. The van der Waals surface area contributed by atoms with Gasteiger partial charge in [0.05, 0.1) is 41.5 Å². The predicted octanol–water partition coefficient (Wildman–Crippen LogP) is 14.5. The third-order valence-corrected chi connectivity index (χ3v) is 14.1. The van der Waals surface area contributed by atoms with Crippen LogP contribution in [0.4, 0.5) is 0 Å². The average Bonchev–Trinajstić information content (AvgIpc) is 3.81. The van der Waals surface area contributed by atoms with Crippen molar-refractivity contribution >= 4 is 56.9 Å². The molecule has 11 aromatic rings. The molecule has 0 atom stereocenters. The van der Waals surface area contributed by atoms with Crippen LogP contribution in [0, 0.1) is 0 Å². The van der Waals surface area contributed by atoms with E-state index in [4.69, 9.17) is 4.98 Å². The van der Waals surface area contributed by atoms with E-state index in [1.54, 1.807) is 0 Å². The summed E-state index contributed by atoms with van der Waals surface area (Å²) >= 11 is 0. The molecule has 0 radical (unpaired) electrons. The first kappa shape index (κ1) is 35.9. The van der Waals surface area contributed by atoms with Crippen LogP contribution in [0.3, 0.4) is 0 Å². The Morgan fingerprint density at radius 2 is 0.800 bits per heavy atom. The third kappa shape index (κ3) is 6.16. The maximum atomic E-state index is 5.25. The number of benzene rings is 8. The second kappa shape index (κ2) is 14.2. The molecular weight excluding hydrogens is 743 g/mol. The van der Waals surface area contributed by atoms with Crippen LogP contribution in [0.5, 0.6) is 0 Å². The van der Waals surface area contributed by atoms with Crippen molar-refractivity contribution in [1.82, 2.24) is 14.1 Å². The van der Waals surface area contributed by atoms with Gasteiger partial charge in [0.15, 0.2) is 0 Å². The molecule has 8 aromatic carbocycles. The fourth-order valence-electron chi connectivity index (χ4n) is 9.01. The summed E-state index contributed by atoms with van der Waals surface area (Å²) in [7, 11) is -1.40. The lowest BCUT2D eigenvalue weighted by atomic mass is 10.00. The van der Waals surface area contributed by atoms with E-state index >= 15 is 0 Å². The summed E-state index contributed by atoms with van der Waals surface area (Å²) in [5, 5.41) is 6.46. The van der Waals surface area contributed by atoms with Crippen LogP contribution in [0.25, 0.3) is 99.8 Å². The van der Waals surface area contributed by atoms with Crippen LogP contribution in [0.15, 0.2) is 206 Å². The molecule has 0 aliphatic heterocycles. The molecule has 0 fully saturated rings. The first-order chi connectivity index (χ1) is 29.4. The van der Waals surface area contributed by atoms with E-state index < -0.39 is 8.07 Å². The molecule has 3 heterocycles. The smallest absolute Gasteiger partial charge is 0.0775 e. The van der Waals surface area contributed by atoms with Gasteiger partial charge < -0.3 is 9.13 Å². The Labute approximate surface area is 351 Å². The minimum absolute atomic E-state index is 0.945. The first-order valence-corrected chi connectivity index (χ1v) is 24.3. The van der Waals surface area contributed by atoms with Gasteiger partial charge in [0.2, 0.25) is 0 Å². The molecule has 0 aliphatic rings. The molecule has 0 bridgehead atoms. The summed E-state index contributed by atoms with van der Waals surface area (Å²) in [4.78, 5) is 5.25. The fraction of sp³-hybridized carbons (Fsp3) is 0.0536. The van der Waals surface area contributed by atoms with Crippen LogP contribution in [0.2, 0.25) is 19.6 Å². The predicted molar refractivity (Wildman–Crippen MR) is 258 cm³/mol. The third-order valence-electron chi connectivity index (χ3n) is 12.1. The minimum atomic E-state index is -1.40. The van der Waals surface area contributed by atoms with Gasteiger partial charge in [0, 0.05) is 44.0 Å². The number of rotatable bonds is 7. The number of nitrogens with zero attached hydrogens (tertiary/aromatic N) is 3. The molecule has 0 spiro atoms. The molecule has 4 heteroatoms. The number of para-hydroxylation sites is 2. The van der Waals surface area contributed by atoms with Crippen molar-refractivity contribution in [2.24, 2.45) is 0 Å². The summed E-state index contributed by atoms with van der Waals surface area (Å²) in [5.74, 6) is 0. The summed E-state index contributed by atoms with van der Waals surface area (Å²) in [6, 6.07) is 75.1. The standard InChI is InChI=1S/C56H43N3Si/c1-60(2,3)46-29-27-44(28-30-46)58-53-23-12-10-21-47(53)49-34-40(25-31-55(49)58)41-26-32-56-50(35-41)48-22-11-13-24-54(48)59(56)45-20-14-19-42(33-45)52-37-43(38-15-6-4-7-16-38)36-51(57-52)39-17-8-5-9-18-39/h4-37H,1-3H3. The Bertz CT molecular complexity index is 3330. The zero-order chi connectivity index (χ0) is 40.4. The second-order valence-electron chi connectivity index (χ2n) is 16.9. The topological polar surface area (TPSA) is 22.8 Å². The molecule has 0 saturated heterocycles. The van der Waals surface area contributed by atoms with Crippen molar-refractivity contribution in [3.63, 3.8) is 0 Å². The molecular formula is C56H43N3Si. The SMILES string of the molecule is C[Si](C)(C)c1ccc(-n2c3ccccc3c3cc(-c4ccc5c(c4)c4ccccc4n5-c4cccc(-c5cc(-c6ccccc6)cc(-c6ccccc6)n5)c4)ccc32)cc1. The molecule has 0 amide bonds. The highest BCUT2D eigenvalue weighted by Gasteiger charge is 2.19. The highest BCUT2D eigenvalue weighted by Crippen LogP contribution is 2.39. The van der Waals surface area contributed by atoms with Gasteiger partial charge in [-0.1, -0.05) is 158 Å². The molecule has 286 valence electrons. The minimum Gasteiger partial charge on any atom is -0.309 e. The summed E-state index contributed by atoms with van der Waals surface area (Å²) in [6.07, 6.45) is 0. The number of fused-ring (bicyclic) bond motifs is 6. The molecule has 3 aromatic heterocycles. The van der Waals surface area contributed by atoms with Crippen LogP contribution >= 0.6 is 0 Å². The van der Waals surface area contributed by atoms with E-state index in [1.165, 1.54) is 71.2 Å². The van der Waals surface area contributed by atoms with Crippen LogP contribution in [-0.2, 0) is 0 Å². The van der Waals surface area contributed by atoms with E-state index in [2.05, 4.69) is 235 Å². The fourth-order valence-corrected chi connectivity index (χ4v) is 10.2. The molecule has 0 saturated carbocycles. The Morgan fingerprint density at radius 3 is 1.38 bits per heavy atom. The van der Waals surface area contributed by atoms with Crippen molar-refractivity contribution in [3.05, 3.63) is 206 Å². The second-order valence-corrected chi connectivity index (χ2v) is 22.0. The number of hydrogen-bond acceptors (Lipinski definition) is 1. The molecule has 3 nitrogen and oxygen atoms in total. The Hall–Kier alpha value is -7.27. The van der Waals surface area contributed by atoms with E-state index in [-0.39, 0.29) is 0 Å². The monoisotopic (exact) mass is 785 g/mol. The van der Waals surface area contributed by atoms with Gasteiger partial charge in [-0.25, -0.2) is 4.98 Å². The first-order valence-electron chi connectivity index (χ1n) is 20.8. The van der Waals surface area contributed by atoms with E-state index in [0.717, 1.165) is 33.8 Å². The molecule has 60 heavy (non-hydrogen) atoms. The van der Waals surface area contributed by atoms with Crippen molar-refractivity contribution in [2.45, 2.75) is 19.6 Å². The lowest BCUT2D eigenvalue weighted by Crippen LogP contribution is -2.37. The van der Waals surface area contributed by atoms with Crippen molar-refractivity contribution in [1.29, 1.82) is 0 Å². The van der Waals surface area contributed by atoms with Crippen molar-refractivity contribution < 1.29 is 0 Å². The molecule has 0 aliphatic carbocycles. The van der Waals surface area contributed by atoms with Gasteiger partial charge in [-0.05, 0) is 95.1 Å². The molecule has 11 rings (SSSR count). The maximum absolute atomic E-state index is 5.25. The van der Waals surface area contributed by atoms with Gasteiger partial charge >= 0.3 is 0 Å². The van der Waals surface area contributed by atoms with E-state index in [9.17, 15) is 0 Å². The van der Waals surface area contributed by atoms with Crippen LogP contribution < -0.4 is 5.19 Å². The normalized spacial score (nSPS) is 11.9. The van der Waals surface area contributed by atoms with Gasteiger partial charge in [0.25, 0.3) is 0 Å². The largest absolute Gasteiger partial charge is 0.309 e. The lowest BCUT2D eigenvalue weighted by Gasteiger charge is -2.17. The van der Waals surface area contributed by atoms with Crippen LogP contribution in [0.1, 0.15) is 0 Å². The number of pyridine rings is 1. The number of aromatic nitrogens is 3. The Balaban J connectivity index is 1.02. The summed E-state index contributed by atoms with van der Waals surface area (Å²) in [6.45, 7) is 7.22. The maximum Gasteiger partial charge on any atom is 0.0775 e. The Kier molecular flexibility index (Phi) is 8.50. The van der Waals surface area contributed by atoms with Crippen molar-refractivity contribution in [3.8, 4) is 56.1 Å². The highest BCUT2D eigenvalue weighted by atomic mass is 28.3. The summed E-state index contributed by atoms with van der Waals surface area (Å²) in [5.41, 5.74) is 15.9. The van der Waals surface area contributed by atoms with E-state index in [0.29, 0.717) is 0 Å². The zero-order valence-corrected chi connectivity index (χ0v) is 35.0.